The number of ether oxygens (including phenoxy) is 2. The number of aromatic nitrogens is 3. The summed E-state index contributed by atoms with van der Waals surface area (Å²) in [7, 11) is 3.01. The second-order valence-corrected chi connectivity index (χ2v) is 3.76. The number of methoxy groups -OCH3 is 2. The number of hydrogen-bond acceptors (Lipinski definition) is 7. The smallest absolute Gasteiger partial charge is 0.324 e. The van der Waals surface area contributed by atoms with Gasteiger partial charge < -0.3 is 20.5 Å². The van der Waals surface area contributed by atoms with Crippen LogP contribution in [-0.2, 0) is 0 Å². The second kappa shape index (κ2) is 8.46. The summed E-state index contributed by atoms with van der Waals surface area (Å²) in [5.41, 5.74) is 5.43. The van der Waals surface area contributed by atoms with E-state index in [1.54, 1.807) is 0 Å². The molecule has 0 aromatic carbocycles. The molecule has 0 aliphatic heterocycles. The summed E-state index contributed by atoms with van der Waals surface area (Å²) in [6.07, 6.45) is 4.43. The van der Waals surface area contributed by atoms with E-state index in [0.717, 1.165) is 38.8 Å². The van der Waals surface area contributed by atoms with Gasteiger partial charge in [-0.05, 0) is 19.4 Å². The third-order valence-electron chi connectivity index (χ3n) is 2.37. The number of nitrogens with two attached hydrogens (primary N) is 1. The van der Waals surface area contributed by atoms with E-state index < -0.39 is 0 Å². The Labute approximate surface area is 107 Å². The molecular formula is C11H21N5O2. The third-order valence-corrected chi connectivity index (χ3v) is 2.37. The van der Waals surface area contributed by atoms with Crippen molar-refractivity contribution < 1.29 is 9.47 Å². The Hall–Kier alpha value is -1.63. The molecule has 0 bridgehead atoms. The highest BCUT2D eigenvalue weighted by Gasteiger charge is 2.05. The first-order valence-electron chi connectivity index (χ1n) is 6.08. The van der Waals surface area contributed by atoms with Crippen LogP contribution in [0.15, 0.2) is 0 Å². The monoisotopic (exact) mass is 255 g/mol. The van der Waals surface area contributed by atoms with Crippen LogP contribution in [0.1, 0.15) is 25.7 Å². The minimum atomic E-state index is 0.243. The summed E-state index contributed by atoms with van der Waals surface area (Å²) in [6.45, 7) is 1.57. The number of nitrogens with one attached hydrogen (secondary N) is 1. The molecule has 18 heavy (non-hydrogen) atoms. The fourth-order valence-electron chi connectivity index (χ4n) is 1.42. The van der Waals surface area contributed by atoms with E-state index in [2.05, 4.69) is 20.3 Å². The summed E-state index contributed by atoms with van der Waals surface area (Å²) in [4.78, 5) is 12.1. The van der Waals surface area contributed by atoms with Crippen molar-refractivity contribution in [3.8, 4) is 12.0 Å². The van der Waals surface area contributed by atoms with E-state index in [-0.39, 0.29) is 12.0 Å². The number of rotatable bonds is 9. The zero-order chi connectivity index (χ0) is 13.2. The van der Waals surface area contributed by atoms with E-state index in [1.165, 1.54) is 14.2 Å². The molecule has 7 heteroatoms. The van der Waals surface area contributed by atoms with E-state index in [4.69, 9.17) is 15.2 Å². The number of anilines is 1. The summed E-state index contributed by atoms with van der Waals surface area (Å²) >= 11 is 0. The van der Waals surface area contributed by atoms with Crippen LogP contribution in [0.3, 0.4) is 0 Å². The highest BCUT2D eigenvalue weighted by Crippen LogP contribution is 2.12. The Morgan fingerprint density at radius 1 is 0.944 bits per heavy atom. The lowest BCUT2D eigenvalue weighted by Crippen LogP contribution is -2.08. The fourth-order valence-corrected chi connectivity index (χ4v) is 1.42. The average molecular weight is 255 g/mol. The molecule has 0 aliphatic carbocycles. The minimum absolute atomic E-state index is 0.243. The van der Waals surface area contributed by atoms with Gasteiger partial charge in [0.2, 0.25) is 5.95 Å². The summed E-state index contributed by atoms with van der Waals surface area (Å²) < 4.78 is 9.92. The number of nitrogens with zero attached hydrogens (tertiary/aromatic N) is 3. The van der Waals surface area contributed by atoms with Crippen molar-refractivity contribution >= 4 is 5.95 Å². The maximum atomic E-state index is 5.43. The van der Waals surface area contributed by atoms with Crippen molar-refractivity contribution in [3.63, 3.8) is 0 Å². The Kier molecular flexibility index (Phi) is 6.78. The van der Waals surface area contributed by atoms with Gasteiger partial charge in [-0.1, -0.05) is 12.8 Å². The molecule has 7 nitrogen and oxygen atoms in total. The van der Waals surface area contributed by atoms with Crippen LogP contribution < -0.4 is 20.5 Å². The maximum absolute atomic E-state index is 5.43. The molecule has 1 aromatic rings. The Morgan fingerprint density at radius 2 is 1.56 bits per heavy atom. The summed E-state index contributed by atoms with van der Waals surface area (Å²) in [5.74, 6) is 0.470. The number of hydrogen-bond donors (Lipinski definition) is 2. The van der Waals surface area contributed by atoms with Crippen LogP contribution in [-0.4, -0.2) is 42.3 Å². The van der Waals surface area contributed by atoms with Crippen molar-refractivity contribution in [2.45, 2.75) is 25.7 Å². The van der Waals surface area contributed by atoms with Gasteiger partial charge in [-0.3, -0.25) is 0 Å². The normalized spacial score (nSPS) is 10.2. The van der Waals surface area contributed by atoms with Crippen molar-refractivity contribution in [2.24, 2.45) is 5.73 Å². The van der Waals surface area contributed by atoms with Crippen LogP contribution >= 0.6 is 0 Å². The summed E-state index contributed by atoms with van der Waals surface area (Å²) in [6, 6.07) is 0.486. The quantitative estimate of drug-likeness (QED) is 0.631. The lowest BCUT2D eigenvalue weighted by molar-refractivity contribution is 0.341. The summed E-state index contributed by atoms with van der Waals surface area (Å²) in [5, 5.41) is 3.12. The van der Waals surface area contributed by atoms with Crippen LogP contribution in [0.25, 0.3) is 0 Å². The molecule has 0 atom stereocenters. The first kappa shape index (κ1) is 14.4. The molecule has 0 unspecified atom stereocenters. The molecule has 1 heterocycles. The molecule has 0 aliphatic rings. The molecule has 0 spiro atoms. The van der Waals surface area contributed by atoms with Gasteiger partial charge in [0.05, 0.1) is 14.2 Å². The maximum Gasteiger partial charge on any atom is 0.324 e. The SMILES string of the molecule is COc1nc(NCCCCCCN)nc(OC)n1. The third kappa shape index (κ3) is 5.13. The molecule has 1 rings (SSSR count). The Morgan fingerprint density at radius 3 is 2.11 bits per heavy atom. The average Bonchev–Trinajstić information content (AvgIpc) is 2.42. The zero-order valence-electron chi connectivity index (χ0n) is 11.0. The second-order valence-electron chi connectivity index (χ2n) is 3.76. The van der Waals surface area contributed by atoms with Gasteiger partial charge in [-0.2, -0.15) is 9.97 Å². The van der Waals surface area contributed by atoms with Gasteiger partial charge in [0.15, 0.2) is 0 Å². The van der Waals surface area contributed by atoms with Gasteiger partial charge in [0.25, 0.3) is 0 Å². The molecule has 0 amide bonds. The molecule has 3 N–H and O–H groups in total. The topological polar surface area (TPSA) is 95.2 Å². The van der Waals surface area contributed by atoms with Gasteiger partial charge in [-0.15, -0.1) is 4.98 Å². The van der Waals surface area contributed by atoms with E-state index in [0.29, 0.717) is 5.95 Å². The predicted octanol–water partition coefficient (Wildman–Crippen LogP) is 0.820. The van der Waals surface area contributed by atoms with Gasteiger partial charge >= 0.3 is 12.0 Å². The highest BCUT2D eigenvalue weighted by atomic mass is 16.5. The van der Waals surface area contributed by atoms with Crippen LogP contribution in [0.4, 0.5) is 5.95 Å². The Balaban J connectivity index is 2.36. The molecule has 0 saturated carbocycles. The lowest BCUT2D eigenvalue weighted by atomic mass is 10.2. The van der Waals surface area contributed by atoms with Crippen molar-refractivity contribution in [1.82, 2.24) is 15.0 Å². The molecule has 102 valence electrons. The first-order valence-corrected chi connectivity index (χ1v) is 6.08. The van der Waals surface area contributed by atoms with Gasteiger partial charge in [0, 0.05) is 6.54 Å². The largest absolute Gasteiger partial charge is 0.467 e. The first-order chi connectivity index (χ1) is 8.80. The molecular weight excluding hydrogens is 234 g/mol. The zero-order valence-corrected chi connectivity index (χ0v) is 11.0. The number of unbranched alkanes of at least 4 members (excludes halogenated alkanes) is 3. The standard InChI is InChI=1S/C11H21N5O2/c1-17-10-14-9(15-11(16-10)18-2)13-8-6-4-3-5-7-12/h3-8,12H2,1-2H3,(H,13,14,15,16). The van der Waals surface area contributed by atoms with Crippen molar-refractivity contribution in [3.05, 3.63) is 0 Å². The highest BCUT2D eigenvalue weighted by molar-refractivity contribution is 5.27. The molecule has 0 fully saturated rings. The lowest BCUT2D eigenvalue weighted by Gasteiger charge is -2.07. The van der Waals surface area contributed by atoms with Crippen LogP contribution in [0, 0.1) is 0 Å². The minimum Gasteiger partial charge on any atom is -0.467 e. The fraction of sp³-hybridized carbons (Fsp3) is 0.727. The van der Waals surface area contributed by atoms with Crippen LogP contribution in [0.2, 0.25) is 0 Å². The van der Waals surface area contributed by atoms with Gasteiger partial charge in [0.1, 0.15) is 0 Å². The van der Waals surface area contributed by atoms with E-state index in [9.17, 15) is 0 Å². The Bertz CT molecular complexity index is 326. The van der Waals surface area contributed by atoms with E-state index in [1.807, 2.05) is 0 Å². The van der Waals surface area contributed by atoms with Crippen molar-refractivity contribution in [2.75, 3.05) is 32.6 Å². The van der Waals surface area contributed by atoms with Crippen LogP contribution in [0.5, 0.6) is 12.0 Å². The molecule has 0 saturated heterocycles. The van der Waals surface area contributed by atoms with E-state index >= 15 is 0 Å². The molecule has 1 aromatic heterocycles. The molecule has 0 radical (unpaired) electrons. The van der Waals surface area contributed by atoms with Gasteiger partial charge in [-0.25, -0.2) is 0 Å². The predicted molar refractivity (Wildman–Crippen MR) is 68.9 cm³/mol. The van der Waals surface area contributed by atoms with Crippen molar-refractivity contribution in [1.29, 1.82) is 0 Å².